The molecule has 0 bridgehead atoms. The predicted molar refractivity (Wildman–Crippen MR) is 107 cm³/mol. The van der Waals surface area contributed by atoms with Crippen molar-refractivity contribution in [1.82, 2.24) is 9.55 Å². The van der Waals surface area contributed by atoms with E-state index in [1.54, 1.807) is 11.3 Å². The maximum atomic E-state index is 9.73. The molecule has 0 aliphatic heterocycles. The largest absolute Gasteiger partial charge is 0.318 e. The highest BCUT2D eigenvalue weighted by atomic mass is 32.1. The van der Waals surface area contributed by atoms with Crippen LogP contribution in [0.1, 0.15) is 45.4 Å². The first-order valence-electron chi connectivity index (χ1n) is 9.02. The molecule has 0 radical (unpaired) electrons. The Bertz CT molecular complexity index is 992. The van der Waals surface area contributed by atoms with E-state index >= 15 is 0 Å². The fourth-order valence-corrected chi connectivity index (χ4v) is 4.79. The zero-order valence-electron chi connectivity index (χ0n) is 15.1. The molecule has 3 nitrogen and oxygen atoms in total. The van der Waals surface area contributed by atoms with Gasteiger partial charge in [-0.3, -0.25) is 0 Å². The predicted octanol–water partition coefficient (Wildman–Crippen LogP) is 5.49. The molecule has 0 atom stereocenters. The zero-order valence-corrected chi connectivity index (χ0v) is 15.9. The number of allylic oxidation sites excluding steroid dienone is 1. The van der Waals surface area contributed by atoms with Crippen LogP contribution in [-0.2, 0) is 12.8 Å². The SMILES string of the molecule is Cc1cc(C=C(C#N)c2nc3c(s2)CCCC3)c(C)n1-c1ccccc1. The Hall–Kier alpha value is -2.64. The number of fused-ring (bicyclic) bond motifs is 1. The van der Waals surface area contributed by atoms with Gasteiger partial charge in [0.15, 0.2) is 0 Å². The van der Waals surface area contributed by atoms with Gasteiger partial charge in [0.2, 0.25) is 0 Å². The van der Waals surface area contributed by atoms with Crippen molar-refractivity contribution < 1.29 is 0 Å². The van der Waals surface area contributed by atoms with Crippen molar-refractivity contribution in [3.05, 3.63) is 68.9 Å². The minimum atomic E-state index is 0.665. The number of aryl methyl sites for hydroxylation is 3. The normalized spacial score (nSPS) is 14.1. The Morgan fingerprint density at radius 1 is 1.19 bits per heavy atom. The molecule has 0 amide bonds. The molecule has 2 heterocycles. The number of hydrogen-bond donors (Lipinski definition) is 0. The van der Waals surface area contributed by atoms with Crippen molar-refractivity contribution in [2.24, 2.45) is 0 Å². The maximum absolute atomic E-state index is 9.73. The van der Waals surface area contributed by atoms with Crippen molar-refractivity contribution in [2.45, 2.75) is 39.5 Å². The van der Waals surface area contributed by atoms with Crippen LogP contribution >= 0.6 is 11.3 Å². The third-order valence-corrected chi connectivity index (χ3v) is 6.17. The number of rotatable bonds is 3. The standard InChI is InChI=1S/C22H21N3S/c1-15-12-17(16(2)25(15)19-8-4-3-5-9-19)13-18(14-23)22-24-20-10-6-7-11-21(20)26-22/h3-5,8-9,12-13H,6-7,10-11H2,1-2H3. The summed E-state index contributed by atoms with van der Waals surface area (Å²) in [6, 6.07) is 14.8. The second kappa shape index (κ2) is 6.93. The summed E-state index contributed by atoms with van der Waals surface area (Å²) >= 11 is 1.69. The van der Waals surface area contributed by atoms with Crippen LogP contribution in [0.3, 0.4) is 0 Å². The minimum Gasteiger partial charge on any atom is -0.318 e. The average molecular weight is 359 g/mol. The molecular formula is C22H21N3S. The van der Waals surface area contributed by atoms with Crippen molar-refractivity contribution in [3.63, 3.8) is 0 Å². The molecule has 0 saturated heterocycles. The lowest BCUT2D eigenvalue weighted by atomic mass is 10.0. The number of nitrogens with zero attached hydrogens (tertiary/aromatic N) is 3. The van der Waals surface area contributed by atoms with Crippen LogP contribution in [0.15, 0.2) is 36.4 Å². The van der Waals surface area contributed by atoms with E-state index in [-0.39, 0.29) is 0 Å². The lowest BCUT2D eigenvalue weighted by Gasteiger charge is -2.09. The smallest absolute Gasteiger partial charge is 0.134 e. The van der Waals surface area contributed by atoms with Gasteiger partial charge >= 0.3 is 0 Å². The van der Waals surface area contributed by atoms with E-state index < -0.39 is 0 Å². The summed E-state index contributed by atoms with van der Waals surface area (Å²) in [6.07, 6.45) is 6.59. The molecule has 0 saturated carbocycles. The van der Waals surface area contributed by atoms with Gasteiger partial charge in [-0.1, -0.05) is 18.2 Å². The lowest BCUT2D eigenvalue weighted by molar-refractivity contribution is 0.682. The number of aromatic nitrogens is 2. The Morgan fingerprint density at radius 2 is 1.96 bits per heavy atom. The van der Waals surface area contributed by atoms with Gasteiger partial charge in [0.25, 0.3) is 0 Å². The second-order valence-corrected chi connectivity index (χ2v) is 7.85. The van der Waals surface area contributed by atoms with Crippen LogP contribution in [0.4, 0.5) is 0 Å². The highest BCUT2D eigenvalue weighted by molar-refractivity contribution is 7.13. The molecular weight excluding hydrogens is 338 g/mol. The van der Waals surface area contributed by atoms with Crippen LogP contribution in [0.5, 0.6) is 0 Å². The molecule has 0 unspecified atom stereocenters. The fraction of sp³-hybridized carbons (Fsp3) is 0.273. The van der Waals surface area contributed by atoms with Crippen LogP contribution in [-0.4, -0.2) is 9.55 Å². The molecule has 0 spiro atoms. The summed E-state index contributed by atoms with van der Waals surface area (Å²) in [5, 5.41) is 10.6. The Kier molecular flexibility index (Phi) is 4.48. The zero-order chi connectivity index (χ0) is 18.1. The van der Waals surface area contributed by atoms with Crippen LogP contribution < -0.4 is 0 Å². The minimum absolute atomic E-state index is 0.665. The molecule has 1 aromatic carbocycles. The Labute approximate surface area is 158 Å². The van der Waals surface area contributed by atoms with Crippen LogP contribution in [0.25, 0.3) is 17.3 Å². The van der Waals surface area contributed by atoms with Gasteiger partial charge in [0.1, 0.15) is 11.1 Å². The van der Waals surface area contributed by atoms with Gasteiger partial charge in [-0.25, -0.2) is 4.98 Å². The first kappa shape index (κ1) is 16.8. The number of thiazole rings is 1. The summed E-state index contributed by atoms with van der Waals surface area (Å²) in [5.74, 6) is 0. The summed E-state index contributed by atoms with van der Waals surface area (Å²) in [6.45, 7) is 4.21. The second-order valence-electron chi connectivity index (χ2n) is 6.76. The molecule has 26 heavy (non-hydrogen) atoms. The molecule has 130 valence electrons. The molecule has 2 aromatic heterocycles. The van der Waals surface area contributed by atoms with E-state index in [1.165, 1.54) is 23.4 Å². The fourth-order valence-electron chi connectivity index (χ4n) is 3.67. The molecule has 4 rings (SSSR count). The monoisotopic (exact) mass is 359 g/mol. The van der Waals surface area contributed by atoms with E-state index in [2.05, 4.69) is 42.7 Å². The quantitative estimate of drug-likeness (QED) is 0.580. The van der Waals surface area contributed by atoms with Crippen molar-refractivity contribution in [1.29, 1.82) is 5.26 Å². The third kappa shape index (κ3) is 3.00. The number of hydrogen-bond acceptors (Lipinski definition) is 3. The lowest BCUT2D eigenvalue weighted by Crippen LogP contribution is -1.99. The van der Waals surface area contributed by atoms with Gasteiger partial charge < -0.3 is 4.57 Å². The molecule has 1 aliphatic carbocycles. The molecule has 3 aromatic rings. The van der Waals surface area contributed by atoms with E-state index in [1.807, 2.05) is 24.3 Å². The first-order chi connectivity index (χ1) is 12.7. The summed E-state index contributed by atoms with van der Waals surface area (Å²) in [4.78, 5) is 6.12. The molecule has 4 heteroatoms. The summed E-state index contributed by atoms with van der Waals surface area (Å²) < 4.78 is 2.23. The highest BCUT2D eigenvalue weighted by Crippen LogP contribution is 2.32. The van der Waals surface area contributed by atoms with Gasteiger partial charge in [0.05, 0.1) is 11.3 Å². The molecule has 0 fully saturated rings. The van der Waals surface area contributed by atoms with E-state index in [9.17, 15) is 5.26 Å². The number of nitriles is 1. The molecule has 1 aliphatic rings. The van der Waals surface area contributed by atoms with Crippen LogP contribution in [0.2, 0.25) is 0 Å². The van der Waals surface area contributed by atoms with Crippen molar-refractivity contribution >= 4 is 23.0 Å². The highest BCUT2D eigenvalue weighted by Gasteiger charge is 2.18. The first-order valence-corrected chi connectivity index (χ1v) is 9.84. The maximum Gasteiger partial charge on any atom is 0.134 e. The number of benzene rings is 1. The van der Waals surface area contributed by atoms with Crippen molar-refractivity contribution in [2.75, 3.05) is 0 Å². The third-order valence-electron chi connectivity index (χ3n) is 4.98. The van der Waals surface area contributed by atoms with Crippen LogP contribution in [0, 0.1) is 25.2 Å². The van der Waals surface area contributed by atoms with E-state index in [0.29, 0.717) is 5.57 Å². The van der Waals surface area contributed by atoms with Gasteiger partial charge in [-0.05, 0) is 69.4 Å². The van der Waals surface area contributed by atoms with Gasteiger partial charge in [0, 0.05) is 22.0 Å². The Balaban J connectivity index is 1.75. The molecule has 0 N–H and O–H groups in total. The topological polar surface area (TPSA) is 41.6 Å². The van der Waals surface area contributed by atoms with Crippen molar-refractivity contribution in [3.8, 4) is 11.8 Å². The number of para-hydroxylation sites is 1. The van der Waals surface area contributed by atoms with Gasteiger partial charge in [-0.2, -0.15) is 5.26 Å². The average Bonchev–Trinajstić information content (AvgIpc) is 3.21. The van der Waals surface area contributed by atoms with E-state index in [0.717, 1.165) is 40.5 Å². The van der Waals surface area contributed by atoms with Gasteiger partial charge in [-0.15, -0.1) is 11.3 Å². The summed E-state index contributed by atoms with van der Waals surface area (Å²) in [7, 11) is 0. The Morgan fingerprint density at radius 3 is 2.69 bits per heavy atom. The summed E-state index contributed by atoms with van der Waals surface area (Å²) in [5.41, 5.74) is 6.39. The van der Waals surface area contributed by atoms with E-state index in [4.69, 9.17) is 4.98 Å².